The number of hydrogen-bond donors (Lipinski definition) is 4. The summed E-state index contributed by atoms with van der Waals surface area (Å²) in [5, 5.41) is 28.5. The van der Waals surface area contributed by atoms with E-state index in [4.69, 9.17) is 21.5 Å². The van der Waals surface area contributed by atoms with Crippen LogP contribution in [-0.4, -0.2) is 35.1 Å². The molecule has 1 fully saturated rings. The van der Waals surface area contributed by atoms with E-state index < -0.39 is 17.7 Å². The number of hydrogen-bond acceptors (Lipinski definition) is 6. The maximum Gasteiger partial charge on any atom is 0.308 e. The smallest absolute Gasteiger partial charge is 0.308 e. The number of carboxylic acids is 1. The molecule has 1 saturated heterocycles. The van der Waals surface area contributed by atoms with Crippen LogP contribution in [0.25, 0.3) is 0 Å². The van der Waals surface area contributed by atoms with E-state index in [0.29, 0.717) is 11.4 Å². The Hall–Kier alpha value is -3.41. The molecule has 0 bridgehead atoms. The average molecular weight is 314 g/mol. The van der Waals surface area contributed by atoms with Gasteiger partial charge in [0, 0.05) is 18.7 Å². The minimum Gasteiger partial charge on any atom is -0.481 e. The first-order valence-electron chi connectivity index (χ1n) is 6.63. The van der Waals surface area contributed by atoms with Gasteiger partial charge in [0.2, 0.25) is 11.6 Å². The third-order valence-electron chi connectivity index (χ3n) is 3.31. The topological polar surface area (TPSA) is 156 Å². The van der Waals surface area contributed by atoms with E-state index in [1.54, 1.807) is 30.3 Å². The summed E-state index contributed by atoms with van der Waals surface area (Å²) in [5.41, 5.74) is 8.62. The van der Waals surface area contributed by atoms with Gasteiger partial charge in [-0.15, -0.1) is 0 Å². The van der Waals surface area contributed by atoms with Crippen LogP contribution in [0.4, 0.5) is 11.4 Å². The maximum atomic E-state index is 11.9. The highest BCUT2D eigenvalue weighted by Gasteiger charge is 2.34. The number of nitrogens with two attached hydrogens (primary N) is 1. The number of aliphatic carboxylic acids is 1. The van der Waals surface area contributed by atoms with E-state index in [-0.39, 0.29) is 24.6 Å². The molecular weight excluding hydrogens is 300 g/mol. The van der Waals surface area contributed by atoms with Gasteiger partial charge in [-0.2, -0.15) is 10.4 Å². The van der Waals surface area contributed by atoms with Crippen molar-refractivity contribution in [3.63, 3.8) is 0 Å². The Morgan fingerprint density at radius 1 is 1.48 bits per heavy atom. The molecule has 0 aromatic heterocycles. The molecule has 1 aromatic rings. The number of hydrazone groups is 1. The van der Waals surface area contributed by atoms with E-state index in [2.05, 4.69) is 10.5 Å². The van der Waals surface area contributed by atoms with Gasteiger partial charge in [0.25, 0.3) is 0 Å². The minimum atomic E-state index is -0.985. The quantitative estimate of drug-likeness (QED) is 0.349. The SMILES string of the molecule is N#C/C(=N\Nc1ccc(N2CC(C(=O)O)CC2=O)cc1)C(=N)N. The number of carbonyl (C=O) groups excluding carboxylic acids is 1. The summed E-state index contributed by atoms with van der Waals surface area (Å²) in [4.78, 5) is 24.2. The maximum absolute atomic E-state index is 11.9. The van der Waals surface area contributed by atoms with Crippen molar-refractivity contribution in [1.29, 1.82) is 10.7 Å². The highest BCUT2D eigenvalue weighted by atomic mass is 16.4. The van der Waals surface area contributed by atoms with Crippen LogP contribution >= 0.6 is 0 Å². The van der Waals surface area contributed by atoms with Crippen LogP contribution in [0.15, 0.2) is 29.4 Å². The highest BCUT2D eigenvalue weighted by molar-refractivity contribution is 6.45. The van der Waals surface area contributed by atoms with E-state index in [1.165, 1.54) is 4.90 Å². The van der Waals surface area contributed by atoms with Crippen molar-refractivity contribution >= 4 is 34.8 Å². The zero-order valence-electron chi connectivity index (χ0n) is 12.0. The molecule has 0 saturated carbocycles. The summed E-state index contributed by atoms with van der Waals surface area (Å²) in [5.74, 6) is -2.36. The molecule has 0 aliphatic carbocycles. The lowest BCUT2D eigenvalue weighted by molar-refractivity contribution is -0.141. The standard InChI is InChI=1S/C14H14N6O3/c15-6-11(13(16)17)19-18-9-1-3-10(4-2-9)20-7-8(14(22)23)5-12(20)21/h1-4,8,18H,5,7H2,(H3,16,17)(H,22,23)/b19-11+. The van der Waals surface area contributed by atoms with Crippen molar-refractivity contribution in [2.75, 3.05) is 16.9 Å². The van der Waals surface area contributed by atoms with Gasteiger partial charge in [-0.3, -0.25) is 20.4 Å². The van der Waals surface area contributed by atoms with Gasteiger partial charge in [0.1, 0.15) is 6.07 Å². The van der Waals surface area contributed by atoms with E-state index in [9.17, 15) is 9.59 Å². The lowest BCUT2D eigenvalue weighted by Gasteiger charge is -2.16. The second-order valence-corrected chi connectivity index (χ2v) is 4.89. The van der Waals surface area contributed by atoms with Crippen molar-refractivity contribution in [2.24, 2.45) is 16.8 Å². The summed E-state index contributed by atoms with van der Waals surface area (Å²) in [6.45, 7) is 0.141. The number of rotatable bonds is 5. The molecule has 0 radical (unpaired) electrons. The molecule has 23 heavy (non-hydrogen) atoms. The number of amidine groups is 1. The molecular formula is C14H14N6O3. The van der Waals surface area contributed by atoms with Crippen LogP contribution in [0, 0.1) is 22.7 Å². The molecule has 0 spiro atoms. The summed E-state index contributed by atoms with van der Waals surface area (Å²) in [6.07, 6.45) is -0.0101. The molecule has 9 heteroatoms. The van der Waals surface area contributed by atoms with Crippen molar-refractivity contribution in [2.45, 2.75) is 6.42 Å². The van der Waals surface area contributed by atoms with Crippen molar-refractivity contribution in [3.8, 4) is 6.07 Å². The van der Waals surface area contributed by atoms with Crippen molar-refractivity contribution in [1.82, 2.24) is 0 Å². The van der Waals surface area contributed by atoms with Crippen LogP contribution in [0.3, 0.4) is 0 Å². The zero-order valence-corrected chi connectivity index (χ0v) is 12.0. The Kier molecular flexibility index (Phi) is 4.56. The Morgan fingerprint density at radius 3 is 2.61 bits per heavy atom. The summed E-state index contributed by atoms with van der Waals surface area (Å²) >= 11 is 0. The number of nitrogens with zero attached hydrogens (tertiary/aromatic N) is 3. The van der Waals surface area contributed by atoms with Crippen molar-refractivity contribution in [3.05, 3.63) is 24.3 Å². The van der Waals surface area contributed by atoms with E-state index in [0.717, 1.165) is 0 Å². The van der Waals surface area contributed by atoms with Crippen LogP contribution in [0.1, 0.15) is 6.42 Å². The monoisotopic (exact) mass is 314 g/mol. The lowest BCUT2D eigenvalue weighted by Crippen LogP contribution is -2.25. The number of carboxylic acid groups (broad SMARTS) is 1. The Morgan fingerprint density at radius 2 is 2.13 bits per heavy atom. The summed E-state index contributed by atoms with van der Waals surface area (Å²) in [7, 11) is 0. The van der Waals surface area contributed by atoms with Crippen LogP contribution in [0.2, 0.25) is 0 Å². The number of carbonyl (C=O) groups is 2. The van der Waals surface area contributed by atoms with Gasteiger partial charge in [-0.25, -0.2) is 0 Å². The third-order valence-corrected chi connectivity index (χ3v) is 3.31. The lowest BCUT2D eigenvalue weighted by atomic mass is 10.1. The second-order valence-electron chi connectivity index (χ2n) is 4.89. The predicted molar refractivity (Wildman–Crippen MR) is 83.1 cm³/mol. The first-order chi connectivity index (χ1) is 10.9. The van der Waals surface area contributed by atoms with Gasteiger partial charge < -0.3 is 15.7 Å². The molecule has 2 rings (SSSR count). The van der Waals surface area contributed by atoms with Gasteiger partial charge in [-0.05, 0) is 24.3 Å². The molecule has 1 aliphatic rings. The number of amides is 1. The van der Waals surface area contributed by atoms with Gasteiger partial charge in [0.05, 0.1) is 11.6 Å². The van der Waals surface area contributed by atoms with Crippen LogP contribution in [-0.2, 0) is 9.59 Å². The summed E-state index contributed by atoms with van der Waals surface area (Å²) < 4.78 is 0. The molecule has 9 nitrogen and oxygen atoms in total. The molecule has 1 aliphatic heterocycles. The van der Waals surface area contributed by atoms with Crippen molar-refractivity contribution < 1.29 is 14.7 Å². The van der Waals surface area contributed by atoms with Gasteiger partial charge in [0.15, 0.2) is 5.84 Å². The fraction of sp³-hybridized carbons (Fsp3) is 0.214. The average Bonchev–Trinajstić information content (AvgIpc) is 2.90. The Labute approximate surface area is 131 Å². The predicted octanol–water partition coefficient (Wildman–Crippen LogP) is 0.352. The van der Waals surface area contributed by atoms with E-state index >= 15 is 0 Å². The first-order valence-corrected chi connectivity index (χ1v) is 6.63. The fourth-order valence-electron chi connectivity index (χ4n) is 2.10. The minimum absolute atomic E-state index is 0.0101. The zero-order chi connectivity index (χ0) is 17.0. The Balaban J connectivity index is 2.09. The number of benzene rings is 1. The molecule has 5 N–H and O–H groups in total. The third kappa shape index (κ3) is 3.62. The largest absolute Gasteiger partial charge is 0.481 e. The molecule has 1 amide bonds. The first kappa shape index (κ1) is 16.0. The molecule has 1 atom stereocenters. The molecule has 1 unspecified atom stereocenters. The Bertz CT molecular complexity index is 719. The number of nitrogens with one attached hydrogen (secondary N) is 2. The molecule has 1 aromatic carbocycles. The fourth-order valence-corrected chi connectivity index (χ4v) is 2.10. The van der Waals surface area contributed by atoms with Gasteiger partial charge >= 0.3 is 5.97 Å². The number of nitriles is 1. The summed E-state index contributed by atoms with van der Waals surface area (Å²) in [6, 6.07) is 8.20. The van der Waals surface area contributed by atoms with Crippen LogP contribution < -0.4 is 16.1 Å². The molecule has 1 heterocycles. The van der Waals surface area contributed by atoms with Crippen LogP contribution in [0.5, 0.6) is 0 Å². The van der Waals surface area contributed by atoms with E-state index in [1.807, 2.05) is 0 Å². The number of anilines is 2. The second kappa shape index (κ2) is 6.57. The normalized spacial score (nSPS) is 17.7. The highest BCUT2D eigenvalue weighted by Crippen LogP contribution is 2.26. The molecule has 118 valence electrons. The van der Waals surface area contributed by atoms with Gasteiger partial charge in [-0.1, -0.05) is 0 Å².